The van der Waals surface area contributed by atoms with Gasteiger partial charge in [-0.05, 0) is 61.6 Å². The fraction of sp³-hybridized carbons (Fsp3) is 0.400. The Balaban J connectivity index is 1.40. The summed E-state index contributed by atoms with van der Waals surface area (Å²) in [6.07, 6.45) is 3.37. The standard InChI is InChI=1S/C30H34FN3O5S/c1-19(35)16-33(40(37,38)18-23-6-4-5-7-26(23)30(36)39-3)17-22-9-8-21-14-28-27(20(2)29(21)22)15-32-34(28)25-12-10-24(31)11-13-25/h4-7,10-13,15,19-20,22,35H,8-9,14,16-18H2,1-3H3/t19-,20-,22-/m0/s1. The Morgan fingerprint density at radius 1 is 1.23 bits per heavy atom. The molecule has 3 atom stereocenters. The predicted octanol–water partition coefficient (Wildman–Crippen LogP) is 4.38. The van der Waals surface area contributed by atoms with Crippen molar-refractivity contribution >= 4 is 16.0 Å². The lowest BCUT2D eigenvalue weighted by molar-refractivity contribution is 0.0599. The molecule has 212 valence electrons. The lowest BCUT2D eigenvalue weighted by Gasteiger charge is -2.31. The van der Waals surface area contributed by atoms with E-state index in [9.17, 15) is 22.7 Å². The second-order valence-corrected chi connectivity index (χ2v) is 12.7. The molecule has 40 heavy (non-hydrogen) atoms. The Kier molecular flexibility index (Phi) is 7.94. The van der Waals surface area contributed by atoms with Gasteiger partial charge >= 0.3 is 5.97 Å². The van der Waals surface area contributed by atoms with E-state index in [0.29, 0.717) is 12.0 Å². The first-order valence-electron chi connectivity index (χ1n) is 13.5. The number of sulfonamides is 1. The van der Waals surface area contributed by atoms with Gasteiger partial charge in [0, 0.05) is 31.0 Å². The molecule has 0 saturated carbocycles. The number of rotatable bonds is 9. The van der Waals surface area contributed by atoms with Gasteiger partial charge in [0.25, 0.3) is 0 Å². The van der Waals surface area contributed by atoms with Crippen LogP contribution in [0.2, 0.25) is 0 Å². The number of carbonyl (C=O) groups is 1. The van der Waals surface area contributed by atoms with E-state index in [1.165, 1.54) is 34.7 Å². The number of carbonyl (C=O) groups excluding carboxylic acids is 1. The number of ether oxygens (including phenoxy) is 1. The highest BCUT2D eigenvalue weighted by atomic mass is 32.2. The Hall–Kier alpha value is -3.34. The number of benzene rings is 2. The molecular formula is C30H34FN3O5S. The second-order valence-electron chi connectivity index (χ2n) is 10.7. The van der Waals surface area contributed by atoms with Crippen molar-refractivity contribution in [1.29, 1.82) is 0 Å². The predicted molar refractivity (Wildman–Crippen MR) is 149 cm³/mol. The molecule has 0 saturated heterocycles. The average Bonchev–Trinajstić information content (AvgIpc) is 3.53. The number of esters is 1. The van der Waals surface area contributed by atoms with Gasteiger partial charge in [-0.1, -0.05) is 36.3 Å². The molecular weight excluding hydrogens is 533 g/mol. The Morgan fingerprint density at radius 2 is 1.95 bits per heavy atom. The highest BCUT2D eigenvalue weighted by molar-refractivity contribution is 7.88. The van der Waals surface area contributed by atoms with Crippen molar-refractivity contribution in [3.63, 3.8) is 0 Å². The molecule has 1 N–H and O–H groups in total. The van der Waals surface area contributed by atoms with Crippen molar-refractivity contribution in [3.8, 4) is 5.69 Å². The average molecular weight is 568 g/mol. The number of allylic oxidation sites excluding steroid dienone is 1. The molecule has 0 fully saturated rings. The number of methoxy groups -OCH3 is 1. The summed E-state index contributed by atoms with van der Waals surface area (Å²) in [4.78, 5) is 12.2. The van der Waals surface area contributed by atoms with E-state index in [4.69, 9.17) is 4.74 Å². The normalized spacial score (nSPS) is 19.4. The maximum atomic E-state index is 13.7. The largest absolute Gasteiger partial charge is 0.465 e. The van der Waals surface area contributed by atoms with E-state index in [1.807, 2.05) is 10.9 Å². The van der Waals surface area contributed by atoms with Gasteiger partial charge in [0.15, 0.2) is 0 Å². The summed E-state index contributed by atoms with van der Waals surface area (Å²) in [6.45, 7) is 3.91. The summed E-state index contributed by atoms with van der Waals surface area (Å²) < 4.78 is 49.0. The van der Waals surface area contributed by atoms with Crippen LogP contribution in [0.3, 0.4) is 0 Å². The minimum Gasteiger partial charge on any atom is -0.465 e. The fourth-order valence-electron chi connectivity index (χ4n) is 6.16. The van der Waals surface area contributed by atoms with E-state index in [0.717, 1.165) is 29.8 Å². The van der Waals surface area contributed by atoms with Gasteiger partial charge in [-0.3, -0.25) is 0 Å². The van der Waals surface area contributed by atoms with Crippen molar-refractivity contribution in [3.05, 3.63) is 94.1 Å². The molecule has 1 aromatic heterocycles. The van der Waals surface area contributed by atoms with Crippen LogP contribution in [-0.4, -0.2) is 59.9 Å². The molecule has 0 aliphatic heterocycles. The number of nitrogens with zero attached hydrogens (tertiary/aromatic N) is 3. The maximum Gasteiger partial charge on any atom is 0.338 e. The molecule has 2 aromatic carbocycles. The van der Waals surface area contributed by atoms with Crippen molar-refractivity contribution in [1.82, 2.24) is 14.1 Å². The number of fused-ring (bicyclic) bond motifs is 1. The van der Waals surface area contributed by atoms with Crippen LogP contribution in [0.15, 0.2) is 65.9 Å². The SMILES string of the molecule is COC(=O)c1ccccc1CS(=O)(=O)N(C[C@@H]1CCC2=C1[C@@H](C)c1cnn(-c3ccc(F)cc3)c1C2)C[C@H](C)O. The van der Waals surface area contributed by atoms with Crippen LogP contribution >= 0.6 is 0 Å². The summed E-state index contributed by atoms with van der Waals surface area (Å²) >= 11 is 0. The van der Waals surface area contributed by atoms with Gasteiger partial charge in [-0.25, -0.2) is 22.3 Å². The molecule has 2 aliphatic rings. The van der Waals surface area contributed by atoms with E-state index in [1.54, 1.807) is 43.3 Å². The minimum atomic E-state index is -3.88. The van der Waals surface area contributed by atoms with Gasteiger partial charge in [0.05, 0.1) is 42.1 Å². The lowest BCUT2D eigenvalue weighted by atomic mass is 9.80. The molecule has 0 bridgehead atoms. The number of aromatic nitrogens is 2. The zero-order chi connectivity index (χ0) is 28.6. The Labute approximate surface area is 234 Å². The monoisotopic (exact) mass is 567 g/mol. The number of aliphatic hydroxyl groups excluding tert-OH is 1. The second kappa shape index (κ2) is 11.3. The van der Waals surface area contributed by atoms with E-state index in [-0.39, 0.29) is 42.1 Å². The summed E-state index contributed by atoms with van der Waals surface area (Å²) in [5, 5.41) is 14.8. The van der Waals surface area contributed by atoms with Gasteiger partial charge in [-0.2, -0.15) is 9.40 Å². The van der Waals surface area contributed by atoms with Gasteiger partial charge in [0.2, 0.25) is 10.0 Å². The molecule has 0 unspecified atom stereocenters. The third-order valence-corrected chi connectivity index (χ3v) is 9.74. The van der Waals surface area contributed by atoms with E-state index < -0.39 is 22.1 Å². The molecule has 0 spiro atoms. The van der Waals surface area contributed by atoms with Crippen LogP contribution in [-0.2, 0) is 26.9 Å². The highest BCUT2D eigenvalue weighted by Crippen LogP contribution is 2.47. The van der Waals surface area contributed by atoms with Crippen molar-refractivity contribution in [2.45, 2.75) is 50.9 Å². The zero-order valence-electron chi connectivity index (χ0n) is 22.9. The molecule has 5 rings (SSSR count). The van der Waals surface area contributed by atoms with E-state index in [2.05, 4.69) is 12.0 Å². The van der Waals surface area contributed by atoms with E-state index >= 15 is 0 Å². The van der Waals surface area contributed by atoms with Crippen LogP contribution in [0.4, 0.5) is 4.39 Å². The summed E-state index contributed by atoms with van der Waals surface area (Å²) in [5.41, 5.74) is 6.07. The topological polar surface area (TPSA) is 102 Å². The third-order valence-electron chi connectivity index (χ3n) is 7.97. The summed E-state index contributed by atoms with van der Waals surface area (Å²) in [5.74, 6) is -1.21. The fourth-order valence-corrected chi connectivity index (χ4v) is 7.84. The molecule has 1 heterocycles. The molecule has 10 heteroatoms. The third kappa shape index (κ3) is 5.48. The van der Waals surface area contributed by atoms with Crippen LogP contribution < -0.4 is 0 Å². The van der Waals surface area contributed by atoms with Crippen molar-refractivity contribution in [2.75, 3.05) is 20.2 Å². The van der Waals surface area contributed by atoms with Gasteiger partial charge in [0.1, 0.15) is 5.82 Å². The zero-order valence-corrected chi connectivity index (χ0v) is 23.7. The molecule has 2 aliphatic carbocycles. The first kappa shape index (κ1) is 28.2. The number of halogens is 1. The molecule has 0 radical (unpaired) electrons. The van der Waals surface area contributed by atoms with Crippen molar-refractivity contribution < 1.29 is 27.4 Å². The van der Waals surface area contributed by atoms with Crippen LogP contribution in [0.5, 0.6) is 0 Å². The highest BCUT2D eigenvalue weighted by Gasteiger charge is 2.38. The van der Waals surface area contributed by atoms with Crippen molar-refractivity contribution in [2.24, 2.45) is 5.92 Å². The number of aliphatic hydroxyl groups is 1. The first-order chi connectivity index (χ1) is 19.1. The Bertz CT molecular complexity index is 1550. The Morgan fingerprint density at radius 3 is 2.65 bits per heavy atom. The minimum absolute atomic E-state index is 0.00306. The van der Waals surface area contributed by atoms with Crippen LogP contribution in [0.1, 0.15) is 59.8 Å². The first-order valence-corrected chi connectivity index (χ1v) is 15.1. The molecule has 8 nitrogen and oxygen atoms in total. The molecule has 0 amide bonds. The molecule has 3 aromatic rings. The van der Waals surface area contributed by atoms with Gasteiger partial charge in [-0.15, -0.1) is 0 Å². The quantitative estimate of drug-likeness (QED) is 0.304. The smallest absolute Gasteiger partial charge is 0.338 e. The number of hydrogen-bond donors (Lipinski definition) is 1. The number of hydrogen-bond acceptors (Lipinski definition) is 6. The van der Waals surface area contributed by atoms with Gasteiger partial charge < -0.3 is 9.84 Å². The van der Waals surface area contributed by atoms with Crippen LogP contribution in [0, 0.1) is 11.7 Å². The lowest BCUT2D eigenvalue weighted by Crippen LogP contribution is -2.41. The summed E-state index contributed by atoms with van der Waals surface area (Å²) in [6, 6.07) is 12.8. The maximum absolute atomic E-state index is 13.7. The van der Waals surface area contributed by atoms with Crippen LogP contribution in [0.25, 0.3) is 5.69 Å². The summed E-state index contributed by atoms with van der Waals surface area (Å²) in [7, 11) is -2.61.